The van der Waals surface area contributed by atoms with Crippen molar-refractivity contribution < 1.29 is 9.90 Å². The van der Waals surface area contributed by atoms with Crippen molar-refractivity contribution in [2.45, 2.75) is 30.6 Å². The number of rotatable bonds is 5. The van der Waals surface area contributed by atoms with Gasteiger partial charge in [-0.3, -0.25) is 0 Å². The summed E-state index contributed by atoms with van der Waals surface area (Å²) in [6, 6.07) is 0.476. The standard InChI is InChI=1S/C10H17NO2S/c1-7(10(12)13)6-11-8-3-4-9(5-8)14-2/h8-9,11H,1,3-6H2,2H3,(H,12,13). The van der Waals surface area contributed by atoms with Crippen molar-refractivity contribution in [3.05, 3.63) is 12.2 Å². The Morgan fingerprint density at radius 3 is 2.86 bits per heavy atom. The van der Waals surface area contributed by atoms with E-state index in [2.05, 4.69) is 18.2 Å². The van der Waals surface area contributed by atoms with Crippen molar-refractivity contribution in [1.29, 1.82) is 0 Å². The average molecular weight is 215 g/mol. The van der Waals surface area contributed by atoms with Crippen molar-refractivity contribution >= 4 is 17.7 Å². The fraction of sp³-hybridized carbons (Fsp3) is 0.700. The monoisotopic (exact) mass is 215 g/mol. The second kappa shape index (κ2) is 5.41. The third-order valence-corrected chi connectivity index (χ3v) is 3.72. The summed E-state index contributed by atoms with van der Waals surface area (Å²) in [5.41, 5.74) is 0.248. The highest BCUT2D eigenvalue weighted by Crippen LogP contribution is 2.27. The van der Waals surface area contributed by atoms with Crippen LogP contribution in [0.2, 0.25) is 0 Å². The molecule has 1 aliphatic rings. The van der Waals surface area contributed by atoms with Crippen molar-refractivity contribution in [2.24, 2.45) is 0 Å². The Kier molecular flexibility index (Phi) is 4.48. The van der Waals surface area contributed by atoms with Crippen LogP contribution in [0.1, 0.15) is 19.3 Å². The van der Waals surface area contributed by atoms with Gasteiger partial charge in [-0.1, -0.05) is 6.58 Å². The molecule has 0 amide bonds. The largest absolute Gasteiger partial charge is 0.478 e. The van der Waals surface area contributed by atoms with Crippen LogP contribution in [0.3, 0.4) is 0 Å². The normalized spacial score (nSPS) is 26.4. The molecule has 0 aliphatic heterocycles. The fourth-order valence-electron chi connectivity index (χ4n) is 1.68. The number of nitrogens with one attached hydrogen (secondary N) is 1. The zero-order valence-electron chi connectivity index (χ0n) is 8.45. The molecule has 1 aliphatic carbocycles. The highest BCUT2D eigenvalue weighted by Gasteiger charge is 2.23. The molecule has 1 rings (SSSR count). The molecule has 0 aromatic rings. The Hall–Kier alpha value is -0.480. The van der Waals surface area contributed by atoms with Crippen LogP contribution >= 0.6 is 11.8 Å². The van der Waals surface area contributed by atoms with E-state index >= 15 is 0 Å². The van der Waals surface area contributed by atoms with Gasteiger partial charge in [-0.15, -0.1) is 0 Å². The van der Waals surface area contributed by atoms with Crippen molar-refractivity contribution in [3.8, 4) is 0 Å². The molecular weight excluding hydrogens is 198 g/mol. The van der Waals surface area contributed by atoms with Gasteiger partial charge in [-0.2, -0.15) is 11.8 Å². The average Bonchev–Trinajstić information content (AvgIpc) is 2.61. The maximum Gasteiger partial charge on any atom is 0.332 e. The van der Waals surface area contributed by atoms with E-state index < -0.39 is 5.97 Å². The van der Waals surface area contributed by atoms with E-state index in [1.165, 1.54) is 6.42 Å². The van der Waals surface area contributed by atoms with Gasteiger partial charge in [-0.05, 0) is 25.5 Å². The molecule has 80 valence electrons. The van der Waals surface area contributed by atoms with Gasteiger partial charge < -0.3 is 10.4 Å². The summed E-state index contributed by atoms with van der Waals surface area (Å²) in [6.45, 7) is 3.89. The van der Waals surface area contributed by atoms with Crippen LogP contribution in [-0.4, -0.2) is 35.2 Å². The van der Waals surface area contributed by atoms with Crippen LogP contribution < -0.4 is 5.32 Å². The highest BCUT2D eigenvalue weighted by atomic mass is 32.2. The summed E-state index contributed by atoms with van der Waals surface area (Å²) in [7, 11) is 0. The Morgan fingerprint density at radius 1 is 1.64 bits per heavy atom. The van der Waals surface area contributed by atoms with Crippen molar-refractivity contribution in [2.75, 3.05) is 12.8 Å². The number of hydrogen-bond donors (Lipinski definition) is 2. The predicted octanol–water partition coefficient (Wildman–Crippen LogP) is 1.50. The summed E-state index contributed by atoms with van der Waals surface area (Å²) in [6.07, 6.45) is 5.66. The van der Waals surface area contributed by atoms with Gasteiger partial charge in [0.1, 0.15) is 0 Å². The molecule has 0 radical (unpaired) electrons. The van der Waals surface area contributed by atoms with Gasteiger partial charge >= 0.3 is 5.97 Å². The van der Waals surface area contributed by atoms with Gasteiger partial charge in [0.05, 0.1) is 0 Å². The van der Waals surface area contributed by atoms with E-state index in [4.69, 9.17) is 5.11 Å². The molecular formula is C10H17NO2S. The first-order valence-electron chi connectivity index (χ1n) is 4.80. The lowest BCUT2D eigenvalue weighted by Crippen LogP contribution is -2.30. The Balaban J connectivity index is 2.20. The van der Waals surface area contributed by atoms with Crippen LogP contribution in [-0.2, 0) is 4.79 Å². The van der Waals surface area contributed by atoms with Crippen LogP contribution in [0, 0.1) is 0 Å². The highest BCUT2D eigenvalue weighted by molar-refractivity contribution is 7.99. The van der Waals surface area contributed by atoms with E-state index in [1.54, 1.807) is 0 Å². The minimum Gasteiger partial charge on any atom is -0.478 e. The molecule has 2 N–H and O–H groups in total. The Morgan fingerprint density at radius 2 is 2.36 bits per heavy atom. The number of carboxylic acids is 1. The summed E-state index contributed by atoms with van der Waals surface area (Å²) in [4.78, 5) is 10.5. The first-order chi connectivity index (χ1) is 6.63. The molecule has 2 unspecified atom stereocenters. The summed E-state index contributed by atoms with van der Waals surface area (Å²) in [5.74, 6) is -0.906. The zero-order valence-corrected chi connectivity index (χ0v) is 9.27. The summed E-state index contributed by atoms with van der Waals surface area (Å²) in [5, 5.41) is 12.6. The quantitative estimate of drug-likeness (QED) is 0.682. The molecule has 1 saturated carbocycles. The number of aliphatic carboxylic acids is 1. The van der Waals surface area contributed by atoms with Crippen LogP contribution in [0.25, 0.3) is 0 Å². The predicted molar refractivity (Wildman–Crippen MR) is 59.7 cm³/mol. The van der Waals surface area contributed by atoms with Gasteiger partial charge in [0.25, 0.3) is 0 Å². The number of carbonyl (C=O) groups is 1. The minimum absolute atomic E-state index is 0.248. The zero-order chi connectivity index (χ0) is 10.6. The molecule has 1 fully saturated rings. The van der Waals surface area contributed by atoms with Crippen LogP contribution in [0.15, 0.2) is 12.2 Å². The molecule has 0 aromatic heterocycles. The third kappa shape index (κ3) is 3.35. The first-order valence-corrected chi connectivity index (χ1v) is 6.09. The lowest BCUT2D eigenvalue weighted by molar-refractivity contribution is -0.132. The summed E-state index contributed by atoms with van der Waals surface area (Å²) < 4.78 is 0. The molecule has 0 bridgehead atoms. The Labute approximate surface area is 89.0 Å². The van der Waals surface area contributed by atoms with Gasteiger partial charge in [-0.25, -0.2) is 4.79 Å². The minimum atomic E-state index is -0.906. The van der Waals surface area contributed by atoms with Gasteiger partial charge in [0, 0.05) is 23.4 Å². The van der Waals surface area contributed by atoms with Gasteiger partial charge in [0.2, 0.25) is 0 Å². The van der Waals surface area contributed by atoms with Crippen LogP contribution in [0.5, 0.6) is 0 Å². The molecule has 0 aromatic carbocycles. The number of hydrogen-bond acceptors (Lipinski definition) is 3. The molecule has 4 heteroatoms. The van der Waals surface area contributed by atoms with Crippen molar-refractivity contribution in [1.82, 2.24) is 5.32 Å². The fourth-order valence-corrected chi connectivity index (χ4v) is 2.48. The van der Waals surface area contributed by atoms with Crippen LogP contribution in [0.4, 0.5) is 0 Å². The van der Waals surface area contributed by atoms with Crippen molar-refractivity contribution in [3.63, 3.8) is 0 Å². The maximum absolute atomic E-state index is 10.5. The van der Waals surface area contributed by atoms with E-state index in [-0.39, 0.29) is 5.57 Å². The number of carboxylic acid groups (broad SMARTS) is 1. The molecule has 14 heavy (non-hydrogen) atoms. The SMILES string of the molecule is C=C(CNC1CCC(SC)C1)C(=O)O. The maximum atomic E-state index is 10.5. The third-order valence-electron chi connectivity index (χ3n) is 2.62. The van der Waals surface area contributed by atoms with E-state index in [0.29, 0.717) is 12.6 Å². The lowest BCUT2D eigenvalue weighted by atomic mass is 10.2. The molecule has 2 atom stereocenters. The van der Waals surface area contributed by atoms with E-state index in [9.17, 15) is 4.79 Å². The van der Waals surface area contributed by atoms with E-state index in [0.717, 1.165) is 18.1 Å². The second-order valence-electron chi connectivity index (χ2n) is 3.66. The lowest BCUT2D eigenvalue weighted by Gasteiger charge is -2.12. The topological polar surface area (TPSA) is 49.3 Å². The first kappa shape index (κ1) is 11.6. The smallest absolute Gasteiger partial charge is 0.332 e. The summed E-state index contributed by atoms with van der Waals surface area (Å²) >= 11 is 1.90. The molecule has 0 heterocycles. The second-order valence-corrected chi connectivity index (χ2v) is 4.80. The number of thioether (sulfide) groups is 1. The molecule has 0 saturated heterocycles. The van der Waals surface area contributed by atoms with Gasteiger partial charge in [0.15, 0.2) is 0 Å². The molecule has 0 spiro atoms. The Bertz CT molecular complexity index is 230. The van der Waals surface area contributed by atoms with E-state index in [1.807, 2.05) is 11.8 Å². The molecule has 3 nitrogen and oxygen atoms in total.